The second kappa shape index (κ2) is 5.85. The smallest absolute Gasteiger partial charge is 0.270 e. The quantitative estimate of drug-likeness (QED) is 0.462. The van der Waals surface area contributed by atoms with Gasteiger partial charge in [0.2, 0.25) is 0 Å². The Kier molecular flexibility index (Phi) is 4.38. The molecule has 0 saturated heterocycles. The van der Waals surface area contributed by atoms with Crippen molar-refractivity contribution in [1.29, 1.82) is 0 Å². The summed E-state index contributed by atoms with van der Waals surface area (Å²) in [5.74, 6) is 0.449. The average Bonchev–Trinajstić information content (AvgIpc) is 2.33. The van der Waals surface area contributed by atoms with Crippen molar-refractivity contribution in [2.24, 2.45) is 5.92 Å². The molecule has 1 aromatic rings. The Bertz CT molecular complexity index is 515. The van der Waals surface area contributed by atoms with Crippen LogP contribution >= 0.6 is 22.6 Å². The van der Waals surface area contributed by atoms with E-state index in [1.807, 2.05) is 22.6 Å². The van der Waals surface area contributed by atoms with E-state index < -0.39 is 4.92 Å². The molecule has 0 spiro atoms. The van der Waals surface area contributed by atoms with Gasteiger partial charge >= 0.3 is 0 Å². The van der Waals surface area contributed by atoms with Crippen molar-refractivity contribution >= 4 is 34.2 Å². The molecule has 1 aliphatic rings. The molecular formula is C13H15IN2O3. The highest BCUT2D eigenvalue weighted by Gasteiger charge is 2.24. The van der Waals surface area contributed by atoms with E-state index in [-0.39, 0.29) is 11.6 Å². The zero-order chi connectivity index (χ0) is 14.0. The molecule has 0 bridgehead atoms. The Morgan fingerprint density at radius 1 is 1.53 bits per heavy atom. The molecule has 0 heterocycles. The van der Waals surface area contributed by atoms with Crippen molar-refractivity contribution in [3.63, 3.8) is 0 Å². The highest BCUT2D eigenvalue weighted by atomic mass is 127. The monoisotopic (exact) mass is 374 g/mol. The van der Waals surface area contributed by atoms with E-state index in [4.69, 9.17) is 0 Å². The van der Waals surface area contributed by atoms with Crippen LogP contribution in [0, 0.1) is 19.6 Å². The molecule has 5 nitrogen and oxygen atoms in total. The molecule has 102 valence electrons. The Balaban J connectivity index is 2.16. The summed E-state index contributed by atoms with van der Waals surface area (Å²) in [4.78, 5) is 24.3. The van der Waals surface area contributed by atoms with Crippen LogP contribution in [0.15, 0.2) is 18.2 Å². The fourth-order valence-electron chi connectivity index (χ4n) is 2.14. The molecule has 19 heavy (non-hydrogen) atoms. The minimum absolute atomic E-state index is 0.0409. The van der Waals surface area contributed by atoms with Crippen LogP contribution in [0.3, 0.4) is 0 Å². The van der Waals surface area contributed by atoms with E-state index in [0.29, 0.717) is 11.5 Å². The van der Waals surface area contributed by atoms with Gasteiger partial charge in [-0.3, -0.25) is 14.9 Å². The van der Waals surface area contributed by atoms with E-state index >= 15 is 0 Å². The van der Waals surface area contributed by atoms with Gasteiger partial charge < -0.3 is 4.90 Å². The SMILES string of the molecule is CN(CC1CCC1)C(=O)c1cc([N+](=O)[O-])ccc1I. The van der Waals surface area contributed by atoms with Gasteiger partial charge in [0.25, 0.3) is 11.6 Å². The van der Waals surface area contributed by atoms with Crippen LogP contribution in [0.5, 0.6) is 0 Å². The van der Waals surface area contributed by atoms with Gasteiger partial charge in [-0.25, -0.2) is 0 Å². The van der Waals surface area contributed by atoms with E-state index in [1.165, 1.54) is 31.4 Å². The lowest BCUT2D eigenvalue weighted by atomic mass is 9.85. The summed E-state index contributed by atoms with van der Waals surface area (Å²) in [5.41, 5.74) is 0.373. The van der Waals surface area contributed by atoms with Crippen molar-refractivity contribution in [3.05, 3.63) is 37.4 Å². The zero-order valence-electron chi connectivity index (χ0n) is 10.6. The van der Waals surface area contributed by atoms with Gasteiger partial charge in [0.15, 0.2) is 0 Å². The molecule has 0 radical (unpaired) electrons. The number of halogens is 1. The van der Waals surface area contributed by atoms with Gasteiger partial charge in [-0.15, -0.1) is 0 Å². The Morgan fingerprint density at radius 3 is 2.74 bits per heavy atom. The third-order valence-electron chi connectivity index (χ3n) is 3.49. The number of carbonyl (C=O) groups excluding carboxylic acids is 1. The molecule has 1 fully saturated rings. The summed E-state index contributed by atoms with van der Waals surface area (Å²) in [6, 6.07) is 4.40. The minimum atomic E-state index is -0.473. The maximum atomic E-state index is 12.3. The summed E-state index contributed by atoms with van der Waals surface area (Å²) in [7, 11) is 1.76. The largest absolute Gasteiger partial charge is 0.341 e. The molecule has 1 amide bonds. The van der Waals surface area contributed by atoms with Gasteiger partial charge in [-0.1, -0.05) is 6.42 Å². The number of hydrogen-bond donors (Lipinski definition) is 0. The van der Waals surface area contributed by atoms with Crippen LogP contribution in [0.1, 0.15) is 29.6 Å². The predicted octanol–water partition coefficient (Wildman–Crippen LogP) is 3.07. The van der Waals surface area contributed by atoms with Gasteiger partial charge in [-0.05, 0) is 47.4 Å². The van der Waals surface area contributed by atoms with Crippen LogP contribution in [0.2, 0.25) is 0 Å². The maximum Gasteiger partial charge on any atom is 0.270 e. The molecule has 1 aromatic carbocycles. The van der Waals surface area contributed by atoms with Crippen molar-refractivity contribution in [1.82, 2.24) is 4.90 Å². The number of nitro groups is 1. The highest BCUT2D eigenvalue weighted by Crippen LogP contribution is 2.28. The van der Waals surface area contributed by atoms with Crippen LogP contribution in [-0.4, -0.2) is 29.3 Å². The van der Waals surface area contributed by atoms with Crippen LogP contribution in [-0.2, 0) is 0 Å². The third-order valence-corrected chi connectivity index (χ3v) is 4.44. The van der Waals surface area contributed by atoms with Crippen LogP contribution in [0.25, 0.3) is 0 Å². The van der Waals surface area contributed by atoms with Crippen molar-refractivity contribution in [3.8, 4) is 0 Å². The molecule has 2 rings (SSSR count). The van der Waals surface area contributed by atoms with Gasteiger partial charge in [0, 0.05) is 29.3 Å². The average molecular weight is 374 g/mol. The number of hydrogen-bond acceptors (Lipinski definition) is 3. The van der Waals surface area contributed by atoms with Gasteiger partial charge in [-0.2, -0.15) is 0 Å². The first-order valence-corrected chi connectivity index (χ1v) is 7.26. The minimum Gasteiger partial charge on any atom is -0.341 e. The lowest BCUT2D eigenvalue weighted by molar-refractivity contribution is -0.384. The van der Waals surface area contributed by atoms with Crippen LogP contribution < -0.4 is 0 Å². The number of carbonyl (C=O) groups is 1. The second-order valence-corrected chi connectivity index (χ2v) is 6.07. The van der Waals surface area contributed by atoms with Crippen molar-refractivity contribution in [2.75, 3.05) is 13.6 Å². The molecule has 0 unspecified atom stereocenters. The molecule has 1 aliphatic carbocycles. The van der Waals surface area contributed by atoms with Gasteiger partial charge in [0.1, 0.15) is 0 Å². The topological polar surface area (TPSA) is 63.5 Å². The maximum absolute atomic E-state index is 12.3. The van der Waals surface area contributed by atoms with Crippen molar-refractivity contribution in [2.45, 2.75) is 19.3 Å². The first kappa shape index (κ1) is 14.2. The first-order chi connectivity index (χ1) is 8.99. The first-order valence-electron chi connectivity index (χ1n) is 6.18. The lowest BCUT2D eigenvalue weighted by Gasteiger charge is -2.30. The molecule has 0 atom stereocenters. The molecule has 6 heteroatoms. The number of rotatable bonds is 4. The Labute approximate surface area is 125 Å². The molecule has 0 aromatic heterocycles. The van der Waals surface area contributed by atoms with E-state index in [9.17, 15) is 14.9 Å². The normalized spacial score (nSPS) is 14.8. The fraction of sp³-hybridized carbons (Fsp3) is 0.462. The highest BCUT2D eigenvalue weighted by molar-refractivity contribution is 14.1. The van der Waals surface area contributed by atoms with E-state index in [1.54, 1.807) is 18.0 Å². The lowest BCUT2D eigenvalue weighted by Crippen LogP contribution is -2.34. The number of amides is 1. The number of nitro benzene ring substituents is 1. The number of benzene rings is 1. The molecular weight excluding hydrogens is 359 g/mol. The summed E-state index contributed by atoms with van der Waals surface area (Å²) < 4.78 is 0.744. The summed E-state index contributed by atoms with van der Waals surface area (Å²) in [5, 5.41) is 10.8. The molecule has 1 saturated carbocycles. The predicted molar refractivity (Wildman–Crippen MR) is 80.1 cm³/mol. The standard InChI is InChI=1S/C13H15IN2O3/c1-15(8-9-3-2-4-9)13(17)11-7-10(16(18)19)5-6-12(11)14/h5-7,9H,2-4,8H2,1H3. The number of non-ortho nitro benzene ring substituents is 1. The Morgan fingerprint density at radius 2 is 2.21 bits per heavy atom. The second-order valence-electron chi connectivity index (χ2n) is 4.90. The molecule has 0 aliphatic heterocycles. The zero-order valence-corrected chi connectivity index (χ0v) is 12.8. The summed E-state index contributed by atoms with van der Waals surface area (Å²) >= 11 is 2.04. The third kappa shape index (κ3) is 3.23. The fourth-order valence-corrected chi connectivity index (χ4v) is 2.71. The van der Waals surface area contributed by atoms with Crippen molar-refractivity contribution < 1.29 is 9.72 Å². The summed E-state index contributed by atoms with van der Waals surface area (Å²) in [6.45, 7) is 0.734. The Hall–Kier alpha value is -1.18. The molecule has 0 N–H and O–H groups in total. The summed E-state index contributed by atoms with van der Waals surface area (Å²) in [6.07, 6.45) is 3.58. The van der Waals surface area contributed by atoms with Gasteiger partial charge in [0.05, 0.1) is 10.5 Å². The van der Waals surface area contributed by atoms with Crippen LogP contribution in [0.4, 0.5) is 5.69 Å². The van der Waals surface area contributed by atoms with E-state index in [2.05, 4.69) is 0 Å². The number of nitrogens with zero attached hydrogens (tertiary/aromatic N) is 2. The van der Waals surface area contributed by atoms with E-state index in [0.717, 1.165) is 10.1 Å².